The van der Waals surface area contributed by atoms with Gasteiger partial charge in [0.05, 0.1) is 27.7 Å². The lowest BCUT2D eigenvalue weighted by molar-refractivity contribution is -0.870. The molecule has 0 saturated heterocycles. The molecule has 0 aliphatic heterocycles. The molecule has 0 aliphatic rings. The minimum atomic E-state index is -2.83. The van der Waals surface area contributed by atoms with Crippen molar-refractivity contribution in [3.63, 3.8) is 0 Å². The first-order chi connectivity index (χ1) is 7.21. The van der Waals surface area contributed by atoms with E-state index < -0.39 is 8.87 Å². The van der Waals surface area contributed by atoms with Crippen LogP contribution in [0.2, 0.25) is 0 Å². The average Bonchev–Trinajstić information content (AvgIpc) is 2.06. The van der Waals surface area contributed by atoms with Gasteiger partial charge in [-0.15, -0.1) is 0 Å². The molecule has 0 N–H and O–H groups in total. The Hall–Kier alpha value is 0.260. The van der Waals surface area contributed by atoms with Gasteiger partial charge in [-0.2, -0.15) is 0 Å². The lowest BCUT2D eigenvalue weighted by Crippen LogP contribution is -2.35. The fraction of sp³-hybridized carbons (Fsp3) is 1.00. The largest absolute Gasteiger partial charge is 0.331 e. The van der Waals surface area contributed by atoms with Crippen LogP contribution >= 0.6 is 10.8 Å². The molecule has 0 spiro atoms. The molecule has 0 aliphatic carbocycles. The summed E-state index contributed by atoms with van der Waals surface area (Å²) in [5.41, 5.74) is 0. The molecule has 0 bridgehead atoms. The van der Waals surface area contributed by atoms with Crippen LogP contribution in [0, 0.1) is 0 Å². The van der Waals surface area contributed by atoms with Crippen molar-refractivity contribution >= 4 is 19.7 Å². The van der Waals surface area contributed by atoms with Crippen molar-refractivity contribution in [2.75, 3.05) is 39.7 Å². The quantitative estimate of drug-likeness (QED) is 0.366. The van der Waals surface area contributed by atoms with Crippen molar-refractivity contribution in [1.29, 1.82) is 0 Å². The fourth-order valence-electron chi connectivity index (χ4n) is 1.43. The summed E-state index contributed by atoms with van der Waals surface area (Å²) in [5.74, 6) is 0.744. The highest BCUT2D eigenvalue weighted by atomic mass is 33.1. The lowest BCUT2D eigenvalue weighted by Gasteiger charge is -2.23. The molecule has 98 valence electrons. The van der Waals surface area contributed by atoms with Gasteiger partial charge >= 0.3 is 0 Å². The van der Waals surface area contributed by atoms with Gasteiger partial charge < -0.3 is 4.48 Å². The van der Waals surface area contributed by atoms with Crippen molar-refractivity contribution in [3.8, 4) is 0 Å². The second-order valence-electron chi connectivity index (χ2n) is 5.31. The molecule has 0 heterocycles. The Bertz CT molecular complexity index is 268. The van der Waals surface area contributed by atoms with Gasteiger partial charge in [-0.1, -0.05) is 12.8 Å². The zero-order valence-corrected chi connectivity index (χ0v) is 12.7. The van der Waals surface area contributed by atoms with Crippen LogP contribution in [0.25, 0.3) is 0 Å². The molecule has 0 aromatic rings. The van der Waals surface area contributed by atoms with E-state index in [4.69, 9.17) is 0 Å². The van der Waals surface area contributed by atoms with E-state index >= 15 is 0 Å². The first kappa shape index (κ1) is 16.3. The number of nitrogens with zero attached hydrogens (tertiary/aromatic N) is 1. The molecule has 0 fully saturated rings. The van der Waals surface area contributed by atoms with Crippen LogP contribution in [0.3, 0.4) is 0 Å². The number of quaternary nitrogens is 1. The molecule has 16 heavy (non-hydrogen) atoms. The zero-order valence-electron chi connectivity index (χ0n) is 11.0. The Balaban J connectivity index is 3.23. The van der Waals surface area contributed by atoms with Crippen molar-refractivity contribution in [3.05, 3.63) is 0 Å². The molecular weight excluding hydrogens is 242 g/mol. The SMILES string of the molecule is C[N+](C)(C)CCCCCCCSS(C)(=O)=O. The highest BCUT2D eigenvalue weighted by molar-refractivity contribution is 8.71. The Kier molecular flexibility index (Phi) is 7.68. The minimum Gasteiger partial charge on any atom is -0.331 e. The third kappa shape index (κ3) is 14.3. The summed E-state index contributed by atoms with van der Waals surface area (Å²) in [4.78, 5) is 0. The third-order valence-corrected chi connectivity index (χ3v) is 4.94. The maximum absolute atomic E-state index is 10.8. The van der Waals surface area contributed by atoms with E-state index in [1.807, 2.05) is 0 Å². The van der Waals surface area contributed by atoms with E-state index in [2.05, 4.69) is 21.1 Å². The predicted molar refractivity (Wildman–Crippen MR) is 73.3 cm³/mol. The van der Waals surface area contributed by atoms with Gasteiger partial charge in [-0.05, 0) is 30.1 Å². The van der Waals surface area contributed by atoms with E-state index in [0.717, 1.165) is 33.9 Å². The molecule has 0 amide bonds. The number of unbranched alkanes of at least 4 members (excludes halogenated alkanes) is 4. The van der Waals surface area contributed by atoms with Gasteiger partial charge in [0.2, 0.25) is 0 Å². The van der Waals surface area contributed by atoms with Gasteiger partial charge in [0.15, 0.2) is 8.87 Å². The van der Waals surface area contributed by atoms with E-state index in [-0.39, 0.29) is 0 Å². The Morgan fingerprint density at radius 2 is 1.44 bits per heavy atom. The molecular formula is C11H26NO2S2+. The standard InChI is InChI=1S/C11H26NO2S2/c1-12(2,3)10-8-6-5-7-9-11-15-16(4,13)14/h5-11H2,1-4H3/q+1. The minimum absolute atomic E-state index is 0.744. The molecule has 0 rings (SSSR count). The van der Waals surface area contributed by atoms with Crippen LogP contribution in [-0.2, 0) is 8.87 Å². The lowest BCUT2D eigenvalue weighted by atomic mass is 10.1. The Morgan fingerprint density at radius 3 is 1.94 bits per heavy atom. The predicted octanol–water partition coefficient (Wildman–Crippen LogP) is 2.34. The van der Waals surface area contributed by atoms with Crippen LogP contribution in [-0.4, -0.2) is 52.6 Å². The van der Waals surface area contributed by atoms with Gasteiger partial charge in [-0.3, -0.25) is 0 Å². The van der Waals surface area contributed by atoms with Crippen molar-refractivity contribution in [2.45, 2.75) is 32.1 Å². The first-order valence-corrected chi connectivity index (χ1v) is 9.25. The van der Waals surface area contributed by atoms with Gasteiger partial charge in [0.1, 0.15) is 0 Å². The monoisotopic (exact) mass is 268 g/mol. The summed E-state index contributed by atoms with van der Waals surface area (Å²) in [6, 6.07) is 0. The van der Waals surface area contributed by atoms with Gasteiger partial charge in [-0.25, -0.2) is 8.42 Å². The summed E-state index contributed by atoms with van der Waals surface area (Å²) in [5, 5.41) is 0. The van der Waals surface area contributed by atoms with E-state index in [1.54, 1.807) is 0 Å². The fourth-order valence-corrected chi connectivity index (χ4v) is 3.32. The van der Waals surface area contributed by atoms with Crippen molar-refractivity contribution in [2.24, 2.45) is 0 Å². The van der Waals surface area contributed by atoms with Gasteiger partial charge in [0, 0.05) is 12.0 Å². The van der Waals surface area contributed by atoms with E-state index in [1.165, 1.54) is 32.1 Å². The first-order valence-electron chi connectivity index (χ1n) is 5.85. The third-order valence-electron chi connectivity index (χ3n) is 2.27. The molecule has 0 saturated carbocycles. The second-order valence-corrected chi connectivity index (χ2v) is 9.88. The van der Waals surface area contributed by atoms with Crippen molar-refractivity contribution in [1.82, 2.24) is 0 Å². The molecule has 0 aromatic heterocycles. The number of hydrogen-bond acceptors (Lipinski definition) is 3. The zero-order chi connectivity index (χ0) is 12.7. The summed E-state index contributed by atoms with van der Waals surface area (Å²) in [7, 11) is 4.88. The van der Waals surface area contributed by atoms with Crippen LogP contribution in [0.1, 0.15) is 32.1 Å². The van der Waals surface area contributed by atoms with E-state index in [0.29, 0.717) is 0 Å². The molecule has 0 aromatic carbocycles. The molecule has 0 atom stereocenters. The summed E-state index contributed by atoms with van der Waals surface area (Å²) in [6.45, 7) is 1.22. The van der Waals surface area contributed by atoms with Gasteiger partial charge in [0.25, 0.3) is 0 Å². The maximum Gasteiger partial charge on any atom is 0.198 e. The number of hydrogen-bond donors (Lipinski definition) is 0. The summed E-state index contributed by atoms with van der Waals surface area (Å²) in [6.07, 6.45) is 7.20. The normalized spacial score (nSPS) is 13.0. The molecule has 5 heteroatoms. The van der Waals surface area contributed by atoms with Crippen LogP contribution < -0.4 is 0 Å². The Morgan fingerprint density at radius 1 is 0.938 bits per heavy atom. The van der Waals surface area contributed by atoms with Crippen LogP contribution in [0.4, 0.5) is 0 Å². The molecule has 3 nitrogen and oxygen atoms in total. The number of rotatable bonds is 9. The topological polar surface area (TPSA) is 34.1 Å². The molecule has 0 radical (unpaired) electrons. The second kappa shape index (κ2) is 7.56. The summed E-state index contributed by atoms with van der Waals surface area (Å²) >= 11 is 0. The highest BCUT2D eigenvalue weighted by Crippen LogP contribution is 2.14. The van der Waals surface area contributed by atoms with E-state index in [9.17, 15) is 8.42 Å². The van der Waals surface area contributed by atoms with Crippen LogP contribution in [0.15, 0.2) is 0 Å². The average molecular weight is 268 g/mol. The maximum atomic E-state index is 10.8. The molecule has 0 unspecified atom stereocenters. The highest BCUT2D eigenvalue weighted by Gasteiger charge is 2.05. The Labute approximate surface area is 105 Å². The smallest absolute Gasteiger partial charge is 0.198 e. The summed E-state index contributed by atoms with van der Waals surface area (Å²) < 4.78 is 22.7. The van der Waals surface area contributed by atoms with Crippen LogP contribution in [0.5, 0.6) is 0 Å². The van der Waals surface area contributed by atoms with Crippen molar-refractivity contribution < 1.29 is 12.9 Å².